The SMILES string of the molecule is C=CCn1c(=O)c2cnc(Nc3ccc(OCCF)cc3)nc2n1-c1ccnc(OC2CCNCC2)n1. The molecule has 3 aromatic heterocycles. The van der Waals surface area contributed by atoms with Gasteiger partial charge in [0.05, 0.1) is 6.54 Å². The summed E-state index contributed by atoms with van der Waals surface area (Å²) in [6, 6.07) is 8.92. The molecular formula is C25H27FN8O3. The second-order valence-electron chi connectivity index (χ2n) is 8.37. The lowest BCUT2D eigenvalue weighted by atomic mass is 10.1. The Labute approximate surface area is 212 Å². The summed E-state index contributed by atoms with van der Waals surface area (Å²) in [7, 11) is 0. The summed E-state index contributed by atoms with van der Waals surface area (Å²) < 4.78 is 26.7. The van der Waals surface area contributed by atoms with Gasteiger partial charge >= 0.3 is 6.01 Å². The number of nitrogens with zero attached hydrogens (tertiary/aromatic N) is 6. The topological polar surface area (TPSA) is 121 Å². The van der Waals surface area contributed by atoms with Crippen LogP contribution in [-0.4, -0.2) is 61.8 Å². The van der Waals surface area contributed by atoms with Crippen LogP contribution in [0, 0.1) is 0 Å². The molecule has 4 heterocycles. The van der Waals surface area contributed by atoms with Crippen molar-refractivity contribution in [3.8, 4) is 17.6 Å². The minimum Gasteiger partial charge on any atom is -0.491 e. The third kappa shape index (κ3) is 5.43. The number of allylic oxidation sites excluding steroid dienone is 1. The van der Waals surface area contributed by atoms with E-state index in [2.05, 4.69) is 37.1 Å². The first-order chi connectivity index (χ1) is 18.2. The Hall–Kier alpha value is -4.32. The van der Waals surface area contributed by atoms with Gasteiger partial charge in [-0.3, -0.25) is 4.79 Å². The lowest BCUT2D eigenvalue weighted by Gasteiger charge is -2.22. The van der Waals surface area contributed by atoms with Crippen LogP contribution < -0.4 is 25.7 Å². The third-order valence-corrected chi connectivity index (χ3v) is 5.83. The van der Waals surface area contributed by atoms with Gasteiger partial charge in [-0.2, -0.15) is 9.97 Å². The second kappa shape index (κ2) is 11.2. The average Bonchev–Trinajstić information content (AvgIpc) is 3.20. The minimum atomic E-state index is -0.556. The molecule has 1 aliphatic heterocycles. The maximum Gasteiger partial charge on any atom is 0.318 e. The standard InChI is InChI=1S/C25H27FN8O3/c1-2-14-33-23(35)20-16-29-24(30-17-3-5-18(6-4-17)36-15-10-26)32-22(20)34(33)21-9-13-28-25(31-21)37-19-7-11-27-12-8-19/h2-6,9,13,16,19,27H,1,7-8,10-12,14-15H2,(H,29,30,32). The Balaban J connectivity index is 1.49. The van der Waals surface area contributed by atoms with Crippen LogP contribution in [0.5, 0.6) is 11.8 Å². The predicted octanol–water partition coefficient (Wildman–Crippen LogP) is 2.78. The number of ether oxygens (including phenoxy) is 2. The maximum atomic E-state index is 13.2. The van der Waals surface area contributed by atoms with E-state index in [-0.39, 0.29) is 36.8 Å². The summed E-state index contributed by atoms with van der Waals surface area (Å²) in [6.45, 7) is 5.23. The molecule has 4 aromatic rings. The van der Waals surface area contributed by atoms with E-state index in [0.717, 1.165) is 25.9 Å². The van der Waals surface area contributed by atoms with E-state index in [9.17, 15) is 9.18 Å². The van der Waals surface area contributed by atoms with Crippen molar-refractivity contribution in [3.05, 3.63) is 65.7 Å². The highest BCUT2D eigenvalue weighted by Crippen LogP contribution is 2.21. The fourth-order valence-electron chi connectivity index (χ4n) is 4.10. The Morgan fingerprint density at radius 1 is 1.16 bits per heavy atom. The fraction of sp³-hybridized carbons (Fsp3) is 0.320. The first kappa shape index (κ1) is 24.4. The molecule has 0 atom stereocenters. The van der Waals surface area contributed by atoms with E-state index in [1.807, 2.05) is 0 Å². The highest BCUT2D eigenvalue weighted by molar-refractivity contribution is 5.77. The summed E-state index contributed by atoms with van der Waals surface area (Å²) in [4.78, 5) is 31.0. The molecule has 0 aliphatic carbocycles. The Kier molecular flexibility index (Phi) is 7.36. The third-order valence-electron chi connectivity index (χ3n) is 5.83. The van der Waals surface area contributed by atoms with Crippen LogP contribution in [0.25, 0.3) is 16.9 Å². The second-order valence-corrected chi connectivity index (χ2v) is 8.37. The van der Waals surface area contributed by atoms with Crippen molar-refractivity contribution in [1.29, 1.82) is 0 Å². The van der Waals surface area contributed by atoms with E-state index in [1.54, 1.807) is 47.3 Å². The minimum absolute atomic E-state index is 0.000555. The van der Waals surface area contributed by atoms with Gasteiger partial charge in [0, 0.05) is 24.1 Å². The maximum absolute atomic E-state index is 13.2. The molecule has 0 bridgehead atoms. The Morgan fingerprint density at radius 2 is 1.97 bits per heavy atom. The molecule has 12 heteroatoms. The molecule has 1 aromatic carbocycles. The van der Waals surface area contributed by atoms with Crippen LogP contribution >= 0.6 is 0 Å². The van der Waals surface area contributed by atoms with Gasteiger partial charge in [-0.1, -0.05) is 6.08 Å². The van der Waals surface area contributed by atoms with Crippen LogP contribution in [-0.2, 0) is 6.54 Å². The molecule has 0 spiro atoms. The zero-order valence-electron chi connectivity index (χ0n) is 20.1. The molecule has 2 N–H and O–H groups in total. The number of fused-ring (bicyclic) bond motifs is 1. The summed E-state index contributed by atoms with van der Waals surface area (Å²) in [5.41, 5.74) is 0.806. The van der Waals surface area contributed by atoms with Gasteiger partial charge in [-0.05, 0) is 50.2 Å². The summed E-state index contributed by atoms with van der Waals surface area (Å²) >= 11 is 0. The molecule has 192 valence electrons. The summed E-state index contributed by atoms with van der Waals surface area (Å²) in [6.07, 6.45) is 6.47. The normalized spacial score (nSPS) is 14.0. The molecular weight excluding hydrogens is 479 g/mol. The van der Waals surface area contributed by atoms with Gasteiger partial charge in [-0.25, -0.2) is 23.7 Å². The number of nitrogens with one attached hydrogen (secondary N) is 2. The first-order valence-corrected chi connectivity index (χ1v) is 12.0. The van der Waals surface area contributed by atoms with Gasteiger partial charge in [-0.15, -0.1) is 6.58 Å². The van der Waals surface area contributed by atoms with E-state index >= 15 is 0 Å². The van der Waals surface area contributed by atoms with Crippen molar-refractivity contribution < 1.29 is 13.9 Å². The van der Waals surface area contributed by atoms with Crippen LogP contribution in [0.4, 0.5) is 16.0 Å². The zero-order valence-corrected chi connectivity index (χ0v) is 20.1. The van der Waals surface area contributed by atoms with Gasteiger partial charge in [0.2, 0.25) is 5.95 Å². The molecule has 1 saturated heterocycles. The largest absolute Gasteiger partial charge is 0.491 e. The van der Waals surface area contributed by atoms with E-state index < -0.39 is 6.67 Å². The monoisotopic (exact) mass is 506 g/mol. The number of rotatable bonds is 10. The number of hydrogen-bond donors (Lipinski definition) is 2. The Morgan fingerprint density at radius 3 is 2.73 bits per heavy atom. The molecule has 0 saturated carbocycles. The molecule has 1 fully saturated rings. The number of benzene rings is 1. The first-order valence-electron chi connectivity index (χ1n) is 12.0. The highest BCUT2D eigenvalue weighted by atomic mass is 19.1. The smallest absolute Gasteiger partial charge is 0.318 e. The van der Waals surface area contributed by atoms with Crippen molar-refractivity contribution in [3.63, 3.8) is 0 Å². The lowest BCUT2D eigenvalue weighted by molar-refractivity contribution is 0.148. The average molecular weight is 507 g/mol. The number of aromatic nitrogens is 6. The molecule has 37 heavy (non-hydrogen) atoms. The molecule has 0 amide bonds. The van der Waals surface area contributed by atoms with Crippen LogP contribution in [0.2, 0.25) is 0 Å². The summed E-state index contributed by atoms with van der Waals surface area (Å²) in [5.74, 6) is 1.28. The Bertz CT molecular complexity index is 1430. The van der Waals surface area contributed by atoms with Gasteiger partial charge in [0.25, 0.3) is 5.56 Å². The van der Waals surface area contributed by atoms with Crippen molar-refractivity contribution in [2.45, 2.75) is 25.5 Å². The van der Waals surface area contributed by atoms with Gasteiger partial charge < -0.3 is 20.1 Å². The predicted molar refractivity (Wildman–Crippen MR) is 137 cm³/mol. The van der Waals surface area contributed by atoms with Crippen molar-refractivity contribution in [2.75, 3.05) is 31.7 Å². The fourth-order valence-corrected chi connectivity index (χ4v) is 4.10. The zero-order chi connectivity index (χ0) is 25.6. The van der Waals surface area contributed by atoms with E-state index in [0.29, 0.717) is 28.3 Å². The van der Waals surface area contributed by atoms with Crippen molar-refractivity contribution in [2.24, 2.45) is 0 Å². The number of piperidine rings is 1. The number of anilines is 2. The molecule has 5 rings (SSSR count). The molecule has 0 unspecified atom stereocenters. The molecule has 1 aliphatic rings. The van der Waals surface area contributed by atoms with Crippen LogP contribution in [0.15, 0.2) is 60.2 Å². The number of hydrogen-bond acceptors (Lipinski definition) is 9. The van der Waals surface area contributed by atoms with Crippen molar-refractivity contribution >= 4 is 22.7 Å². The van der Waals surface area contributed by atoms with Gasteiger partial charge in [0.1, 0.15) is 30.5 Å². The lowest BCUT2D eigenvalue weighted by Crippen LogP contribution is -2.34. The van der Waals surface area contributed by atoms with E-state index in [4.69, 9.17) is 9.47 Å². The van der Waals surface area contributed by atoms with E-state index in [1.165, 1.54) is 10.9 Å². The molecule has 0 radical (unpaired) electrons. The van der Waals surface area contributed by atoms with Crippen molar-refractivity contribution in [1.82, 2.24) is 34.6 Å². The quantitative estimate of drug-likeness (QED) is 0.313. The van der Waals surface area contributed by atoms with Crippen LogP contribution in [0.3, 0.4) is 0 Å². The molecule has 11 nitrogen and oxygen atoms in total. The summed E-state index contributed by atoms with van der Waals surface area (Å²) in [5, 5.41) is 6.76. The highest BCUT2D eigenvalue weighted by Gasteiger charge is 2.20. The van der Waals surface area contributed by atoms with Gasteiger partial charge in [0.15, 0.2) is 11.5 Å². The number of halogens is 1. The van der Waals surface area contributed by atoms with Crippen LogP contribution in [0.1, 0.15) is 12.8 Å². The number of alkyl halides is 1.